The monoisotopic (exact) mass is 489 g/mol. The second-order valence-electron chi connectivity index (χ2n) is 9.87. The Kier molecular flexibility index (Phi) is 19.9. The van der Waals surface area contributed by atoms with Crippen molar-refractivity contribution in [3.8, 4) is 5.75 Å². The number of carbonyl (C=O) groups excluding carboxylic acids is 1. The second kappa shape index (κ2) is 22.4. The van der Waals surface area contributed by atoms with Gasteiger partial charge < -0.3 is 15.2 Å². The molecule has 0 bridgehead atoms. The Balaban J connectivity index is 1.83. The lowest BCUT2D eigenvalue weighted by atomic mass is 10.0. The average Bonchev–Trinajstić information content (AvgIpc) is 2.85. The van der Waals surface area contributed by atoms with Gasteiger partial charge in [0.15, 0.2) is 6.61 Å². The van der Waals surface area contributed by atoms with Gasteiger partial charge in [0.1, 0.15) is 5.75 Å². The van der Waals surface area contributed by atoms with Gasteiger partial charge in [-0.2, -0.15) is 0 Å². The third-order valence-electron chi connectivity index (χ3n) is 6.51. The number of carboxylic acids is 1. The normalized spacial score (nSPS) is 10.9. The molecule has 1 rings (SSSR count). The van der Waals surface area contributed by atoms with E-state index >= 15 is 0 Å². The summed E-state index contributed by atoms with van der Waals surface area (Å²) in [5.41, 5.74) is 0.704. The van der Waals surface area contributed by atoms with Crippen LogP contribution in [0.15, 0.2) is 24.3 Å². The van der Waals surface area contributed by atoms with Crippen LogP contribution >= 0.6 is 0 Å². The lowest BCUT2D eigenvalue weighted by molar-refractivity contribution is -0.139. The molecular weight excluding hydrogens is 438 g/mol. The van der Waals surface area contributed by atoms with Crippen molar-refractivity contribution in [3.63, 3.8) is 0 Å². The number of anilines is 1. The molecule has 0 aromatic heterocycles. The fourth-order valence-corrected chi connectivity index (χ4v) is 4.37. The van der Waals surface area contributed by atoms with Gasteiger partial charge in [-0.25, -0.2) is 4.79 Å². The molecule has 0 heterocycles. The van der Waals surface area contributed by atoms with Crippen LogP contribution < -0.4 is 10.1 Å². The van der Waals surface area contributed by atoms with E-state index in [9.17, 15) is 9.59 Å². The van der Waals surface area contributed by atoms with Crippen LogP contribution in [0, 0.1) is 0 Å². The van der Waals surface area contributed by atoms with E-state index in [-0.39, 0.29) is 12.5 Å². The molecule has 0 atom stereocenters. The van der Waals surface area contributed by atoms with Gasteiger partial charge >= 0.3 is 5.97 Å². The zero-order valence-electron chi connectivity index (χ0n) is 22.3. The lowest BCUT2D eigenvalue weighted by Crippen LogP contribution is -2.11. The number of benzene rings is 1. The van der Waals surface area contributed by atoms with Crippen LogP contribution in [-0.4, -0.2) is 23.6 Å². The number of hydrogen-bond donors (Lipinski definition) is 2. The molecule has 0 aliphatic heterocycles. The summed E-state index contributed by atoms with van der Waals surface area (Å²) in [7, 11) is 0. The number of carbonyl (C=O) groups is 2. The van der Waals surface area contributed by atoms with Gasteiger partial charge in [0.2, 0.25) is 5.91 Å². The predicted octanol–water partition coefficient (Wildman–Crippen LogP) is 8.91. The van der Waals surface area contributed by atoms with Crippen molar-refractivity contribution in [2.75, 3.05) is 11.9 Å². The topological polar surface area (TPSA) is 75.6 Å². The SMILES string of the molecule is CCCCCCCCCCCCCCCCCCCCCC(=O)Nc1ccc(OCC(=O)O)cc1. The molecule has 2 N–H and O–H groups in total. The van der Waals surface area contributed by atoms with E-state index < -0.39 is 5.97 Å². The average molecular weight is 490 g/mol. The van der Waals surface area contributed by atoms with Crippen molar-refractivity contribution in [2.45, 2.75) is 135 Å². The minimum absolute atomic E-state index is 0.0242. The summed E-state index contributed by atoms with van der Waals surface area (Å²) in [4.78, 5) is 22.6. The van der Waals surface area contributed by atoms with E-state index in [2.05, 4.69) is 12.2 Å². The zero-order valence-corrected chi connectivity index (χ0v) is 22.3. The Bertz CT molecular complexity index is 644. The molecule has 0 spiro atoms. The second-order valence-corrected chi connectivity index (χ2v) is 9.87. The highest BCUT2D eigenvalue weighted by molar-refractivity contribution is 5.90. The van der Waals surface area contributed by atoms with Crippen molar-refractivity contribution < 1.29 is 19.4 Å². The van der Waals surface area contributed by atoms with Gasteiger partial charge in [0.25, 0.3) is 0 Å². The van der Waals surface area contributed by atoms with Gasteiger partial charge in [-0.1, -0.05) is 122 Å². The minimum Gasteiger partial charge on any atom is -0.482 e. The maximum Gasteiger partial charge on any atom is 0.341 e. The fourth-order valence-electron chi connectivity index (χ4n) is 4.37. The standard InChI is InChI=1S/C30H51NO4/c1-2-3-4-5-6-7-8-9-10-11-12-13-14-15-16-17-18-19-20-21-29(32)31-27-22-24-28(25-23-27)35-26-30(33)34/h22-25H,2-21,26H2,1H3,(H,31,32)(H,33,34). The Labute approximate surface area is 214 Å². The molecule has 1 aromatic rings. The summed E-state index contributed by atoms with van der Waals surface area (Å²) < 4.78 is 5.09. The van der Waals surface area contributed by atoms with Gasteiger partial charge in [-0.15, -0.1) is 0 Å². The van der Waals surface area contributed by atoms with Crippen molar-refractivity contribution in [2.24, 2.45) is 0 Å². The first kappa shape index (κ1) is 31.0. The number of carboxylic acid groups (broad SMARTS) is 1. The summed E-state index contributed by atoms with van der Waals surface area (Å²) in [5.74, 6) is -0.512. The van der Waals surface area contributed by atoms with Crippen molar-refractivity contribution >= 4 is 17.6 Å². The first-order valence-corrected chi connectivity index (χ1v) is 14.4. The quantitative estimate of drug-likeness (QED) is 0.142. The smallest absolute Gasteiger partial charge is 0.341 e. The number of nitrogens with one attached hydrogen (secondary N) is 1. The molecule has 5 nitrogen and oxygen atoms in total. The van der Waals surface area contributed by atoms with E-state index in [1.165, 1.54) is 109 Å². The molecule has 200 valence electrons. The molecule has 0 unspecified atom stereocenters. The molecule has 0 fully saturated rings. The van der Waals surface area contributed by atoms with E-state index in [0.29, 0.717) is 17.9 Å². The van der Waals surface area contributed by atoms with Crippen LogP contribution in [0.2, 0.25) is 0 Å². The molecule has 0 aliphatic carbocycles. The molecular formula is C30H51NO4. The van der Waals surface area contributed by atoms with E-state index in [1.807, 2.05) is 0 Å². The summed E-state index contributed by atoms with van der Waals surface area (Å²) >= 11 is 0. The van der Waals surface area contributed by atoms with Gasteiger partial charge in [-0.3, -0.25) is 4.79 Å². The van der Waals surface area contributed by atoms with E-state index in [4.69, 9.17) is 9.84 Å². The van der Waals surface area contributed by atoms with Gasteiger partial charge in [0.05, 0.1) is 0 Å². The highest BCUT2D eigenvalue weighted by atomic mass is 16.5. The summed E-state index contributed by atoms with van der Waals surface area (Å²) in [5, 5.41) is 11.5. The van der Waals surface area contributed by atoms with Crippen LogP contribution in [0.3, 0.4) is 0 Å². The maximum absolute atomic E-state index is 12.1. The molecule has 0 aliphatic rings. The summed E-state index contributed by atoms with van der Waals surface area (Å²) in [6, 6.07) is 6.78. The number of rotatable bonds is 24. The Morgan fingerprint density at radius 3 is 1.46 bits per heavy atom. The van der Waals surface area contributed by atoms with Gasteiger partial charge in [0, 0.05) is 12.1 Å². The van der Waals surface area contributed by atoms with Crippen LogP contribution in [-0.2, 0) is 9.59 Å². The Hall–Kier alpha value is -2.04. The van der Waals surface area contributed by atoms with Crippen molar-refractivity contribution in [1.82, 2.24) is 0 Å². The summed E-state index contributed by atoms with van der Waals surface area (Å²) in [6.45, 7) is 1.91. The van der Waals surface area contributed by atoms with Crippen LogP contribution in [0.25, 0.3) is 0 Å². The Morgan fingerprint density at radius 2 is 1.06 bits per heavy atom. The molecule has 5 heteroatoms. The molecule has 1 aromatic carbocycles. The number of aliphatic carboxylic acids is 1. The van der Waals surface area contributed by atoms with Crippen LogP contribution in [0.1, 0.15) is 135 Å². The van der Waals surface area contributed by atoms with Gasteiger partial charge in [-0.05, 0) is 30.7 Å². The lowest BCUT2D eigenvalue weighted by Gasteiger charge is -2.07. The molecule has 0 saturated heterocycles. The molecule has 35 heavy (non-hydrogen) atoms. The highest BCUT2D eigenvalue weighted by Crippen LogP contribution is 2.17. The first-order chi connectivity index (χ1) is 17.1. The van der Waals surface area contributed by atoms with E-state index in [0.717, 1.165) is 12.8 Å². The fraction of sp³-hybridized carbons (Fsp3) is 0.733. The van der Waals surface area contributed by atoms with Crippen LogP contribution in [0.5, 0.6) is 5.75 Å². The molecule has 1 amide bonds. The number of amides is 1. The van der Waals surface area contributed by atoms with Crippen molar-refractivity contribution in [3.05, 3.63) is 24.3 Å². The molecule has 0 saturated carbocycles. The van der Waals surface area contributed by atoms with E-state index in [1.54, 1.807) is 24.3 Å². The Morgan fingerprint density at radius 1 is 0.657 bits per heavy atom. The predicted molar refractivity (Wildman–Crippen MR) is 146 cm³/mol. The third-order valence-corrected chi connectivity index (χ3v) is 6.51. The van der Waals surface area contributed by atoms with Crippen molar-refractivity contribution in [1.29, 1.82) is 0 Å². The summed E-state index contributed by atoms with van der Waals surface area (Å²) in [6.07, 6.45) is 26.1. The minimum atomic E-state index is -1.01. The third kappa shape index (κ3) is 19.9. The molecule has 0 radical (unpaired) electrons. The first-order valence-electron chi connectivity index (χ1n) is 14.4. The number of hydrogen-bond acceptors (Lipinski definition) is 3. The maximum atomic E-state index is 12.1. The van der Waals surface area contributed by atoms with Crippen LogP contribution in [0.4, 0.5) is 5.69 Å². The zero-order chi connectivity index (χ0) is 25.4. The largest absolute Gasteiger partial charge is 0.482 e. The number of ether oxygens (including phenoxy) is 1. The highest BCUT2D eigenvalue weighted by Gasteiger charge is 2.04. The number of unbranched alkanes of at least 4 members (excludes halogenated alkanes) is 18.